The molecule has 0 saturated carbocycles. The van der Waals surface area contributed by atoms with Crippen LogP contribution < -0.4 is 10.2 Å². The first-order valence-corrected chi connectivity index (χ1v) is 4.84. The van der Waals surface area contributed by atoms with Gasteiger partial charge in [-0.2, -0.15) is 0 Å². The normalized spacial score (nSPS) is 8.00. The molecule has 0 saturated heterocycles. The van der Waals surface area contributed by atoms with Crippen LogP contribution in [-0.2, 0) is 0 Å². The smallest absolute Gasteiger partial charge is 0.545 e. The van der Waals surface area contributed by atoms with Gasteiger partial charge in [0, 0.05) is 35.9 Å². The molecule has 0 aliphatic rings. The Hall–Kier alpha value is -1.54. The summed E-state index contributed by atoms with van der Waals surface area (Å²) in [7, 11) is 0. The average molecular weight is 302 g/mol. The van der Waals surface area contributed by atoms with E-state index in [1.54, 1.807) is 0 Å². The number of carboxylic acid groups (broad SMARTS) is 2. The van der Waals surface area contributed by atoms with Crippen molar-refractivity contribution in [3.63, 3.8) is 0 Å². The predicted octanol–water partition coefficient (Wildman–Crippen LogP) is -2.32. The number of carboxylic acids is 2. The van der Waals surface area contributed by atoms with Crippen LogP contribution in [0.1, 0.15) is 20.7 Å². The molecule has 20 heavy (non-hydrogen) atoms. The van der Waals surface area contributed by atoms with Gasteiger partial charge in [-0.25, -0.2) is 0 Å². The van der Waals surface area contributed by atoms with Crippen LogP contribution in [0.5, 0.6) is 0 Å². The van der Waals surface area contributed by atoms with Gasteiger partial charge in [0.2, 0.25) is 0 Å². The maximum absolute atomic E-state index is 10.1. The van der Waals surface area contributed by atoms with Crippen LogP contribution in [0.15, 0.2) is 49.1 Å². The van der Waals surface area contributed by atoms with Gasteiger partial charge in [0.1, 0.15) is 0 Å². The summed E-state index contributed by atoms with van der Waals surface area (Å²) in [4.78, 5) is 27.4. The molecule has 0 radical (unpaired) electrons. The summed E-state index contributed by atoms with van der Waals surface area (Å²) in [6.45, 7) is 0. The molecule has 0 fully saturated rings. The van der Waals surface area contributed by atoms with Crippen LogP contribution >= 0.6 is 0 Å². The number of aromatic nitrogens is 2. The second-order valence-electron chi connectivity index (χ2n) is 3.05. The molecule has 0 aliphatic carbocycles. The molecule has 0 atom stereocenters. The zero-order chi connectivity index (χ0) is 13.4. The number of hydrogen-bond acceptors (Lipinski definition) is 6. The van der Waals surface area contributed by atoms with Gasteiger partial charge < -0.3 is 25.3 Å². The van der Waals surface area contributed by atoms with E-state index in [9.17, 15) is 19.8 Å². The largest absolute Gasteiger partial charge is 2.00 e. The molecule has 2 N–H and O–H groups in total. The summed E-state index contributed by atoms with van der Waals surface area (Å²) in [5.74, 6) is -2.34. The Morgan fingerprint density at radius 1 is 0.750 bits per heavy atom. The quantitative estimate of drug-likeness (QED) is 0.571. The van der Waals surface area contributed by atoms with Crippen LogP contribution in [0.3, 0.4) is 0 Å². The van der Waals surface area contributed by atoms with E-state index in [1.165, 1.54) is 49.1 Å². The van der Waals surface area contributed by atoms with Crippen LogP contribution in [-0.4, -0.2) is 65.1 Å². The number of rotatable bonds is 2. The van der Waals surface area contributed by atoms with E-state index < -0.39 is 11.9 Å². The number of carbonyl (C=O) groups is 2. The number of carbonyl (C=O) groups excluding carboxylic acids is 2. The molecule has 100 valence electrons. The first-order valence-electron chi connectivity index (χ1n) is 4.84. The number of nitrogens with zero attached hydrogens (tertiary/aromatic N) is 2. The molecule has 2 rings (SSSR count). The third-order valence-electron chi connectivity index (χ3n) is 1.83. The van der Waals surface area contributed by atoms with E-state index in [0.717, 1.165) is 0 Å². The van der Waals surface area contributed by atoms with Gasteiger partial charge in [-0.3, -0.25) is 9.97 Å². The molecule has 2 aromatic heterocycles. The molecule has 0 amide bonds. The van der Waals surface area contributed by atoms with Crippen molar-refractivity contribution in [3.05, 3.63) is 60.2 Å². The van der Waals surface area contributed by atoms with Gasteiger partial charge in [0.15, 0.2) is 0 Å². The van der Waals surface area contributed by atoms with E-state index in [4.69, 9.17) is 0 Å². The van der Waals surface area contributed by atoms with Gasteiger partial charge in [0.05, 0.1) is 11.9 Å². The first kappa shape index (κ1) is 20.8. The number of aromatic carboxylic acids is 2. The Morgan fingerprint density at radius 3 is 1.15 bits per heavy atom. The van der Waals surface area contributed by atoms with Gasteiger partial charge >= 0.3 is 37.7 Å². The summed E-state index contributed by atoms with van der Waals surface area (Å²) in [5.41, 5.74) is 0.315. The fraction of sp³-hybridized carbons (Fsp3) is 0. The minimum atomic E-state index is -1.17. The van der Waals surface area contributed by atoms with E-state index in [-0.39, 0.29) is 54.3 Å². The Bertz CT molecular complexity index is 472. The van der Waals surface area contributed by atoms with E-state index in [0.29, 0.717) is 0 Å². The summed E-state index contributed by atoms with van der Waals surface area (Å²) in [5, 5.41) is 20.1. The minimum Gasteiger partial charge on any atom is -0.545 e. The molecule has 8 heteroatoms. The average Bonchev–Trinajstić information content (AvgIpc) is 2.41. The van der Waals surface area contributed by atoms with Gasteiger partial charge in [-0.1, -0.05) is 0 Å². The SMILES string of the molecule is O.O=C([O-])c1ccncc1.O=C([O-])c1ccncc1.[Ca+2]. The van der Waals surface area contributed by atoms with Crippen molar-refractivity contribution in [2.45, 2.75) is 0 Å². The van der Waals surface area contributed by atoms with Crippen molar-refractivity contribution in [2.75, 3.05) is 0 Å². The van der Waals surface area contributed by atoms with E-state index in [1.807, 2.05) is 0 Å². The van der Waals surface area contributed by atoms with E-state index in [2.05, 4.69) is 9.97 Å². The van der Waals surface area contributed by atoms with Crippen molar-refractivity contribution >= 4 is 49.7 Å². The second-order valence-corrected chi connectivity index (χ2v) is 3.05. The molecule has 0 spiro atoms. The van der Waals surface area contributed by atoms with Gasteiger partial charge in [-0.05, 0) is 24.3 Å². The zero-order valence-corrected chi connectivity index (χ0v) is 12.6. The molecule has 0 bridgehead atoms. The Kier molecular flexibility index (Phi) is 11.7. The number of pyridine rings is 2. The standard InChI is InChI=1S/2C6H5NO2.Ca.H2O/c2*8-6(9)5-1-3-7-4-2-5;;/h2*1-4H,(H,8,9);;1H2/q;;+2;/p-2. The van der Waals surface area contributed by atoms with Crippen LogP contribution in [0.4, 0.5) is 0 Å². The van der Waals surface area contributed by atoms with Crippen LogP contribution in [0.2, 0.25) is 0 Å². The first-order chi connectivity index (χ1) is 8.61. The van der Waals surface area contributed by atoms with Crippen LogP contribution in [0, 0.1) is 0 Å². The third-order valence-corrected chi connectivity index (χ3v) is 1.83. The maximum Gasteiger partial charge on any atom is 2.00 e. The summed E-state index contributed by atoms with van der Waals surface area (Å²) in [6.07, 6.45) is 5.63. The molecule has 2 heterocycles. The maximum atomic E-state index is 10.1. The third kappa shape index (κ3) is 7.80. The van der Waals surface area contributed by atoms with Crippen molar-refractivity contribution in [1.29, 1.82) is 0 Å². The Labute approximate surface area is 144 Å². The summed E-state index contributed by atoms with van der Waals surface area (Å²) >= 11 is 0. The molecule has 7 nitrogen and oxygen atoms in total. The Balaban J connectivity index is 0. The number of hydrogen-bond donors (Lipinski definition) is 0. The fourth-order valence-corrected chi connectivity index (χ4v) is 0.976. The molecular formula is C12H10CaN2O5. The topological polar surface area (TPSA) is 138 Å². The molecule has 0 aromatic carbocycles. The monoisotopic (exact) mass is 302 g/mol. The fourth-order valence-electron chi connectivity index (χ4n) is 0.976. The predicted molar refractivity (Wildman–Crippen MR) is 66.5 cm³/mol. The molecule has 0 unspecified atom stereocenters. The zero-order valence-electron chi connectivity index (χ0n) is 10.4. The van der Waals surface area contributed by atoms with Crippen molar-refractivity contribution in [1.82, 2.24) is 9.97 Å². The van der Waals surface area contributed by atoms with Crippen LogP contribution in [0.25, 0.3) is 0 Å². The van der Waals surface area contributed by atoms with Gasteiger partial charge in [-0.15, -0.1) is 0 Å². The van der Waals surface area contributed by atoms with Crippen molar-refractivity contribution in [3.8, 4) is 0 Å². The summed E-state index contributed by atoms with van der Waals surface area (Å²) in [6, 6.07) is 5.54. The molecule has 0 aliphatic heterocycles. The minimum absolute atomic E-state index is 0. The molecular weight excluding hydrogens is 292 g/mol. The van der Waals surface area contributed by atoms with Crippen molar-refractivity contribution in [2.24, 2.45) is 0 Å². The summed E-state index contributed by atoms with van der Waals surface area (Å²) < 4.78 is 0. The van der Waals surface area contributed by atoms with Gasteiger partial charge in [0.25, 0.3) is 0 Å². The second kappa shape index (κ2) is 11.3. The molecule has 2 aromatic rings. The Morgan fingerprint density at radius 2 is 1.00 bits per heavy atom. The van der Waals surface area contributed by atoms with E-state index >= 15 is 0 Å². The van der Waals surface area contributed by atoms with Crippen molar-refractivity contribution < 1.29 is 25.3 Å².